The average Bonchev–Trinajstić information content (AvgIpc) is 2.61. The van der Waals surface area contributed by atoms with Crippen LogP contribution in [0.5, 0.6) is 5.88 Å². The Hall–Kier alpha value is -1.84. The molecular formula is C15H17FN2O. The van der Waals surface area contributed by atoms with Gasteiger partial charge in [0, 0.05) is 11.1 Å². The number of halogens is 1. The van der Waals surface area contributed by atoms with E-state index in [1.807, 2.05) is 17.7 Å². The van der Waals surface area contributed by atoms with E-state index in [0.29, 0.717) is 17.9 Å². The molecule has 1 atom stereocenters. The van der Waals surface area contributed by atoms with Crippen molar-refractivity contribution in [2.24, 2.45) is 0 Å². The summed E-state index contributed by atoms with van der Waals surface area (Å²) in [5.41, 5.74) is 2.14. The quantitative estimate of drug-likeness (QED) is 0.781. The predicted octanol–water partition coefficient (Wildman–Crippen LogP) is 3.73. The summed E-state index contributed by atoms with van der Waals surface area (Å²) in [6, 6.07) is 7.02. The standard InChI is InChI=1S/C15H17FN2O/c1-10-6-5-9-19-15-11(2)14(17-18(10)15)12-7-3-4-8-13(12)16/h3-4,7-8,10H,5-6,9H2,1-2H3/t10-/m1/s1. The van der Waals surface area contributed by atoms with E-state index in [1.54, 1.807) is 12.1 Å². The number of hydrogen-bond acceptors (Lipinski definition) is 2. The number of fused-ring (bicyclic) bond motifs is 1. The molecule has 1 aromatic heterocycles. The zero-order chi connectivity index (χ0) is 13.4. The highest BCUT2D eigenvalue weighted by molar-refractivity contribution is 5.65. The van der Waals surface area contributed by atoms with E-state index in [-0.39, 0.29) is 11.9 Å². The summed E-state index contributed by atoms with van der Waals surface area (Å²) in [6.45, 7) is 4.77. The van der Waals surface area contributed by atoms with E-state index in [4.69, 9.17) is 4.74 Å². The van der Waals surface area contributed by atoms with Crippen LogP contribution >= 0.6 is 0 Å². The molecule has 2 heterocycles. The predicted molar refractivity (Wildman–Crippen MR) is 71.8 cm³/mol. The van der Waals surface area contributed by atoms with Crippen LogP contribution < -0.4 is 4.74 Å². The Morgan fingerprint density at radius 3 is 2.95 bits per heavy atom. The van der Waals surface area contributed by atoms with Crippen LogP contribution in [0.15, 0.2) is 24.3 Å². The van der Waals surface area contributed by atoms with Crippen LogP contribution in [0, 0.1) is 12.7 Å². The fourth-order valence-corrected chi connectivity index (χ4v) is 2.55. The molecule has 3 nitrogen and oxygen atoms in total. The van der Waals surface area contributed by atoms with Gasteiger partial charge in [0.2, 0.25) is 5.88 Å². The first-order valence-corrected chi connectivity index (χ1v) is 6.65. The van der Waals surface area contributed by atoms with Gasteiger partial charge in [-0.2, -0.15) is 5.10 Å². The van der Waals surface area contributed by atoms with E-state index in [9.17, 15) is 4.39 Å². The lowest BCUT2D eigenvalue weighted by Crippen LogP contribution is -2.05. The lowest BCUT2D eigenvalue weighted by molar-refractivity contribution is 0.300. The molecule has 100 valence electrons. The van der Waals surface area contributed by atoms with Gasteiger partial charge in [0.1, 0.15) is 11.5 Å². The van der Waals surface area contributed by atoms with Gasteiger partial charge in [-0.1, -0.05) is 12.1 Å². The first-order chi connectivity index (χ1) is 9.18. The summed E-state index contributed by atoms with van der Waals surface area (Å²) >= 11 is 0. The Balaban J connectivity index is 2.15. The maximum absolute atomic E-state index is 13.9. The van der Waals surface area contributed by atoms with Gasteiger partial charge in [0.25, 0.3) is 0 Å². The molecule has 0 saturated heterocycles. The van der Waals surface area contributed by atoms with Gasteiger partial charge in [-0.05, 0) is 38.8 Å². The van der Waals surface area contributed by atoms with E-state index in [2.05, 4.69) is 12.0 Å². The van der Waals surface area contributed by atoms with Crippen molar-refractivity contribution in [1.29, 1.82) is 0 Å². The van der Waals surface area contributed by atoms with E-state index >= 15 is 0 Å². The number of benzene rings is 1. The van der Waals surface area contributed by atoms with Crippen molar-refractivity contribution in [2.45, 2.75) is 32.7 Å². The molecule has 4 heteroatoms. The highest BCUT2D eigenvalue weighted by Crippen LogP contribution is 2.35. The topological polar surface area (TPSA) is 27.1 Å². The molecular weight excluding hydrogens is 243 g/mol. The molecule has 0 saturated carbocycles. The number of rotatable bonds is 1. The Labute approximate surface area is 112 Å². The van der Waals surface area contributed by atoms with Gasteiger partial charge in [0.05, 0.1) is 12.6 Å². The minimum absolute atomic E-state index is 0.244. The maximum Gasteiger partial charge on any atom is 0.215 e. The average molecular weight is 260 g/mol. The Bertz CT molecular complexity index is 606. The van der Waals surface area contributed by atoms with Crippen molar-refractivity contribution in [3.8, 4) is 17.1 Å². The Morgan fingerprint density at radius 1 is 1.37 bits per heavy atom. The van der Waals surface area contributed by atoms with Crippen molar-refractivity contribution in [3.63, 3.8) is 0 Å². The molecule has 0 fully saturated rings. The second-order valence-corrected chi connectivity index (χ2v) is 5.04. The number of ether oxygens (including phenoxy) is 1. The van der Waals surface area contributed by atoms with Crippen LogP contribution in [-0.4, -0.2) is 16.4 Å². The number of aromatic nitrogens is 2. The highest BCUT2D eigenvalue weighted by atomic mass is 19.1. The van der Waals surface area contributed by atoms with Crippen molar-refractivity contribution >= 4 is 0 Å². The number of nitrogens with zero attached hydrogens (tertiary/aromatic N) is 2. The van der Waals surface area contributed by atoms with Crippen LogP contribution in [0.2, 0.25) is 0 Å². The summed E-state index contributed by atoms with van der Waals surface area (Å²) in [7, 11) is 0. The molecule has 0 spiro atoms. The van der Waals surface area contributed by atoms with Crippen LogP contribution in [-0.2, 0) is 0 Å². The monoisotopic (exact) mass is 260 g/mol. The van der Waals surface area contributed by atoms with E-state index in [1.165, 1.54) is 6.07 Å². The van der Waals surface area contributed by atoms with Gasteiger partial charge >= 0.3 is 0 Å². The van der Waals surface area contributed by atoms with E-state index in [0.717, 1.165) is 24.3 Å². The minimum atomic E-state index is -0.244. The Kier molecular flexibility index (Phi) is 3.01. The molecule has 2 aromatic rings. The first kappa shape index (κ1) is 12.2. The smallest absolute Gasteiger partial charge is 0.215 e. The van der Waals surface area contributed by atoms with Crippen molar-refractivity contribution < 1.29 is 9.13 Å². The molecule has 0 unspecified atom stereocenters. The molecule has 19 heavy (non-hydrogen) atoms. The molecule has 0 N–H and O–H groups in total. The molecule has 0 aliphatic carbocycles. The zero-order valence-electron chi connectivity index (χ0n) is 11.2. The van der Waals surface area contributed by atoms with Gasteiger partial charge in [-0.15, -0.1) is 0 Å². The molecule has 1 aliphatic heterocycles. The summed E-state index contributed by atoms with van der Waals surface area (Å²) in [5, 5.41) is 4.57. The molecule has 0 amide bonds. The van der Waals surface area contributed by atoms with Crippen molar-refractivity contribution in [1.82, 2.24) is 9.78 Å². The van der Waals surface area contributed by atoms with Gasteiger partial charge in [-0.25, -0.2) is 9.07 Å². The third-order valence-electron chi connectivity index (χ3n) is 3.64. The van der Waals surface area contributed by atoms with Crippen molar-refractivity contribution in [3.05, 3.63) is 35.6 Å². The van der Waals surface area contributed by atoms with Crippen LogP contribution in [0.1, 0.15) is 31.4 Å². The molecule has 0 radical (unpaired) electrons. The third kappa shape index (κ3) is 2.01. The molecule has 3 rings (SSSR count). The summed E-state index contributed by atoms with van der Waals surface area (Å²) in [4.78, 5) is 0. The van der Waals surface area contributed by atoms with Gasteiger partial charge < -0.3 is 4.74 Å². The maximum atomic E-state index is 13.9. The molecule has 1 aliphatic rings. The first-order valence-electron chi connectivity index (χ1n) is 6.65. The minimum Gasteiger partial charge on any atom is -0.478 e. The van der Waals surface area contributed by atoms with Gasteiger partial charge in [0.15, 0.2) is 0 Å². The fourth-order valence-electron chi connectivity index (χ4n) is 2.55. The zero-order valence-corrected chi connectivity index (χ0v) is 11.2. The Morgan fingerprint density at radius 2 is 2.16 bits per heavy atom. The normalized spacial score (nSPS) is 18.6. The highest BCUT2D eigenvalue weighted by Gasteiger charge is 2.23. The third-order valence-corrected chi connectivity index (χ3v) is 3.64. The summed E-state index contributed by atoms with van der Waals surface area (Å²) in [6.07, 6.45) is 2.06. The van der Waals surface area contributed by atoms with Gasteiger partial charge in [-0.3, -0.25) is 0 Å². The van der Waals surface area contributed by atoms with E-state index < -0.39 is 0 Å². The fraction of sp³-hybridized carbons (Fsp3) is 0.400. The molecule has 0 bridgehead atoms. The molecule has 1 aromatic carbocycles. The summed E-state index contributed by atoms with van der Waals surface area (Å²) < 4.78 is 21.6. The lowest BCUT2D eigenvalue weighted by atomic mass is 10.1. The van der Waals surface area contributed by atoms with Crippen LogP contribution in [0.25, 0.3) is 11.3 Å². The van der Waals surface area contributed by atoms with Crippen LogP contribution in [0.3, 0.4) is 0 Å². The largest absolute Gasteiger partial charge is 0.478 e. The van der Waals surface area contributed by atoms with Crippen molar-refractivity contribution in [2.75, 3.05) is 6.61 Å². The lowest BCUT2D eigenvalue weighted by Gasteiger charge is -2.09. The second kappa shape index (κ2) is 4.68. The van der Waals surface area contributed by atoms with Crippen LogP contribution in [0.4, 0.5) is 4.39 Å². The second-order valence-electron chi connectivity index (χ2n) is 5.04. The summed E-state index contributed by atoms with van der Waals surface area (Å²) in [5.74, 6) is 0.537. The SMILES string of the molecule is Cc1c(-c2ccccc2F)nn2c1OCCC[C@H]2C. The number of hydrogen-bond donors (Lipinski definition) is 0.